The van der Waals surface area contributed by atoms with E-state index < -0.39 is 0 Å². The fourth-order valence-corrected chi connectivity index (χ4v) is 4.38. The molecule has 0 radical (unpaired) electrons. The molecular formula is C14H28N4. The highest BCUT2D eigenvalue weighted by molar-refractivity contribution is 5.07. The quantitative estimate of drug-likeness (QED) is 0.761. The second-order valence-electron chi connectivity index (χ2n) is 6.68. The van der Waals surface area contributed by atoms with E-state index >= 15 is 0 Å². The Labute approximate surface area is 111 Å². The lowest BCUT2D eigenvalue weighted by Crippen LogP contribution is -2.65. The first-order valence-electron chi connectivity index (χ1n) is 7.50. The number of nitrogens with two attached hydrogens (primary N) is 1. The van der Waals surface area contributed by atoms with Crippen LogP contribution in [0.25, 0.3) is 0 Å². The molecule has 2 atom stereocenters. The van der Waals surface area contributed by atoms with Crippen molar-refractivity contribution in [1.82, 2.24) is 14.7 Å². The molecule has 4 heteroatoms. The van der Waals surface area contributed by atoms with E-state index in [1.165, 1.54) is 51.9 Å². The molecule has 0 aromatic carbocycles. The van der Waals surface area contributed by atoms with Gasteiger partial charge in [0, 0.05) is 50.3 Å². The van der Waals surface area contributed by atoms with Crippen molar-refractivity contribution in [3.63, 3.8) is 0 Å². The molecule has 3 fully saturated rings. The normalized spacial score (nSPS) is 43.5. The summed E-state index contributed by atoms with van der Waals surface area (Å²) in [6.45, 7) is 5.66. The smallest absolute Gasteiger partial charge is 0.0362 e. The molecule has 3 aliphatic heterocycles. The predicted molar refractivity (Wildman–Crippen MR) is 74.7 cm³/mol. The molecule has 2 N–H and O–H groups in total. The Morgan fingerprint density at radius 2 is 1.56 bits per heavy atom. The van der Waals surface area contributed by atoms with E-state index in [1.54, 1.807) is 0 Å². The summed E-state index contributed by atoms with van der Waals surface area (Å²) in [6.07, 6.45) is 5.35. The lowest BCUT2D eigenvalue weighted by atomic mass is 9.81. The molecule has 3 rings (SSSR count). The maximum Gasteiger partial charge on any atom is 0.0362 e. The molecule has 2 unspecified atom stereocenters. The van der Waals surface area contributed by atoms with Gasteiger partial charge in [0.1, 0.15) is 0 Å². The Morgan fingerprint density at radius 3 is 2.06 bits per heavy atom. The van der Waals surface area contributed by atoms with Gasteiger partial charge in [-0.25, -0.2) is 0 Å². The van der Waals surface area contributed by atoms with Gasteiger partial charge >= 0.3 is 0 Å². The van der Waals surface area contributed by atoms with Crippen LogP contribution in [0.1, 0.15) is 25.7 Å². The molecule has 0 aromatic rings. The van der Waals surface area contributed by atoms with Gasteiger partial charge in [-0.1, -0.05) is 0 Å². The summed E-state index contributed by atoms with van der Waals surface area (Å²) in [4.78, 5) is 7.76. The molecule has 3 heterocycles. The van der Waals surface area contributed by atoms with Crippen molar-refractivity contribution in [2.75, 3.05) is 46.8 Å². The summed E-state index contributed by atoms with van der Waals surface area (Å²) < 4.78 is 0. The molecule has 0 spiro atoms. The van der Waals surface area contributed by atoms with Crippen molar-refractivity contribution in [2.24, 2.45) is 5.73 Å². The van der Waals surface area contributed by atoms with Gasteiger partial charge in [-0.3, -0.25) is 4.90 Å². The van der Waals surface area contributed by atoms with Crippen LogP contribution in [0.2, 0.25) is 0 Å². The maximum absolute atomic E-state index is 6.23. The third-order valence-electron chi connectivity index (χ3n) is 5.77. The summed E-state index contributed by atoms with van der Waals surface area (Å²) in [5.41, 5.74) is 6.53. The molecule has 0 saturated carbocycles. The average Bonchev–Trinajstić information content (AvgIpc) is 2.63. The number of piperazine rings is 1. The molecule has 0 aromatic heterocycles. The summed E-state index contributed by atoms with van der Waals surface area (Å²) >= 11 is 0. The summed E-state index contributed by atoms with van der Waals surface area (Å²) in [5, 5.41) is 0. The van der Waals surface area contributed by atoms with Crippen molar-refractivity contribution >= 4 is 0 Å². The Balaban J connectivity index is 1.75. The van der Waals surface area contributed by atoms with Crippen LogP contribution in [0.4, 0.5) is 0 Å². The van der Waals surface area contributed by atoms with Gasteiger partial charge in [0.2, 0.25) is 0 Å². The van der Waals surface area contributed by atoms with Crippen molar-refractivity contribution in [3.05, 3.63) is 0 Å². The number of piperidine rings is 1. The van der Waals surface area contributed by atoms with Crippen LogP contribution >= 0.6 is 0 Å². The van der Waals surface area contributed by atoms with E-state index in [0.717, 1.165) is 18.6 Å². The topological polar surface area (TPSA) is 35.7 Å². The second kappa shape index (κ2) is 4.75. The van der Waals surface area contributed by atoms with Gasteiger partial charge in [0.25, 0.3) is 0 Å². The predicted octanol–water partition coefficient (Wildman–Crippen LogP) is 0.188. The minimum atomic E-state index is 0.305. The third kappa shape index (κ3) is 1.99. The maximum atomic E-state index is 6.23. The number of fused-ring (bicyclic) bond motifs is 2. The third-order valence-corrected chi connectivity index (χ3v) is 5.77. The molecule has 3 saturated heterocycles. The van der Waals surface area contributed by atoms with Crippen molar-refractivity contribution < 1.29 is 0 Å². The van der Waals surface area contributed by atoms with Crippen LogP contribution in [-0.4, -0.2) is 79.1 Å². The van der Waals surface area contributed by atoms with Crippen LogP contribution in [-0.2, 0) is 0 Å². The Kier molecular flexibility index (Phi) is 3.39. The molecule has 0 amide bonds. The Morgan fingerprint density at radius 1 is 1.00 bits per heavy atom. The largest absolute Gasteiger partial charge is 0.329 e. The Hall–Kier alpha value is -0.160. The van der Waals surface area contributed by atoms with Crippen LogP contribution in [0, 0.1) is 0 Å². The summed E-state index contributed by atoms with van der Waals surface area (Å²) in [5.74, 6) is 0. The van der Waals surface area contributed by atoms with E-state index in [-0.39, 0.29) is 0 Å². The van der Waals surface area contributed by atoms with Crippen molar-refractivity contribution in [3.8, 4) is 0 Å². The van der Waals surface area contributed by atoms with Gasteiger partial charge in [-0.2, -0.15) is 0 Å². The molecule has 104 valence electrons. The van der Waals surface area contributed by atoms with E-state index in [9.17, 15) is 0 Å². The monoisotopic (exact) mass is 252 g/mol. The molecule has 0 aliphatic carbocycles. The molecule has 4 nitrogen and oxygen atoms in total. The van der Waals surface area contributed by atoms with Gasteiger partial charge < -0.3 is 15.5 Å². The average molecular weight is 252 g/mol. The SMILES string of the molecule is CN1CCN(C2(CN)CC3CCC(C2)N3C)CC1. The zero-order valence-electron chi connectivity index (χ0n) is 11.9. The highest BCUT2D eigenvalue weighted by Crippen LogP contribution is 2.42. The van der Waals surface area contributed by atoms with Crippen LogP contribution in [0.3, 0.4) is 0 Å². The molecular weight excluding hydrogens is 224 g/mol. The number of hydrogen-bond acceptors (Lipinski definition) is 4. The zero-order valence-corrected chi connectivity index (χ0v) is 11.9. The fourth-order valence-electron chi connectivity index (χ4n) is 4.38. The van der Waals surface area contributed by atoms with Crippen molar-refractivity contribution in [1.29, 1.82) is 0 Å². The van der Waals surface area contributed by atoms with Crippen LogP contribution < -0.4 is 5.73 Å². The zero-order chi connectivity index (χ0) is 12.8. The van der Waals surface area contributed by atoms with E-state index in [0.29, 0.717) is 5.54 Å². The lowest BCUT2D eigenvalue weighted by molar-refractivity contribution is -0.0208. The highest BCUT2D eigenvalue weighted by atomic mass is 15.3. The lowest BCUT2D eigenvalue weighted by Gasteiger charge is -2.53. The molecule has 2 bridgehead atoms. The fraction of sp³-hybridized carbons (Fsp3) is 1.00. The number of nitrogens with zero attached hydrogens (tertiary/aromatic N) is 3. The molecule has 3 aliphatic rings. The first-order valence-corrected chi connectivity index (χ1v) is 7.50. The first kappa shape index (κ1) is 12.9. The summed E-state index contributed by atoms with van der Waals surface area (Å²) in [6, 6.07) is 1.57. The number of hydrogen-bond donors (Lipinski definition) is 1. The minimum Gasteiger partial charge on any atom is -0.329 e. The minimum absolute atomic E-state index is 0.305. The standard InChI is InChI=1S/C14H28N4/c1-16-5-7-18(8-6-16)14(11-15)9-12-3-4-13(10-14)17(12)2/h12-13H,3-11,15H2,1-2H3. The van der Waals surface area contributed by atoms with Crippen molar-refractivity contribution in [2.45, 2.75) is 43.3 Å². The van der Waals surface area contributed by atoms with E-state index in [2.05, 4.69) is 28.8 Å². The van der Waals surface area contributed by atoms with Gasteiger partial charge in [-0.15, -0.1) is 0 Å². The van der Waals surface area contributed by atoms with Gasteiger partial charge in [-0.05, 0) is 39.8 Å². The number of rotatable bonds is 2. The Bertz CT molecular complexity index is 284. The first-order chi connectivity index (χ1) is 8.64. The second-order valence-corrected chi connectivity index (χ2v) is 6.68. The van der Waals surface area contributed by atoms with Gasteiger partial charge in [0.05, 0.1) is 0 Å². The number of likely N-dealkylation sites (N-methyl/N-ethyl adjacent to an activating group) is 1. The summed E-state index contributed by atoms with van der Waals surface area (Å²) in [7, 11) is 4.54. The highest BCUT2D eigenvalue weighted by Gasteiger charge is 2.49. The van der Waals surface area contributed by atoms with Crippen LogP contribution in [0.15, 0.2) is 0 Å². The van der Waals surface area contributed by atoms with E-state index in [1.807, 2.05) is 0 Å². The molecule has 18 heavy (non-hydrogen) atoms. The van der Waals surface area contributed by atoms with Crippen LogP contribution in [0.5, 0.6) is 0 Å². The van der Waals surface area contributed by atoms with E-state index in [4.69, 9.17) is 5.73 Å². The van der Waals surface area contributed by atoms with Gasteiger partial charge in [0.15, 0.2) is 0 Å².